The minimum atomic E-state index is 0.771. The highest BCUT2D eigenvalue weighted by atomic mass is 32.1. The quantitative estimate of drug-likeness (QED) is 0.728. The van der Waals surface area contributed by atoms with Gasteiger partial charge in [-0.05, 0) is 24.4 Å². The maximum Gasteiger partial charge on any atom is 0.173 e. The molecule has 1 aromatic rings. The first-order chi connectivity index (χ1) is 7.61. The fourth-order valence-corrected chi connectivity index (χ4v) is 1.51. The minimum Gasteiger partial charge on any atom is -0.357 e. The number of hydrogen-bond donors (Lipinski definition) is 2. The second-order valence-corrected chi connectivity index (χ2v) is 4.47. The molecular weight excluding hydrogens is 218 g/mol. The predicted molar refractivity (Wildman–Crippen MR) is 73.1 cm³/mol. The van der Waals surface area contributed by atoms with Gasteiger partial charge in [-0.15, -0.1) is 0 Å². The van der Waals surface area contributed by atoms with Crippen molar-refractivity contribution in [3.05, 3.63) is 30.3 Å². The van der Waals surface area contributed by atoms with E-state index in [1.54, 1.807) is 0 Å². The van der Waals surface area contributed by atoms with E-state index in [1.165, 1.54) is 4.90 Å². The van der Waals surface area contributed by atoms with Gasteiger partial charge in [0, 0.05) is 12.7 Å². The lowest BCUT2D eigenvalue weighted by atomic mass is 10.3. The molecule has 0 aliphatic heterocycles. The molecule has 0 aliphatic carbocycles. The Bertz CT molecular complexity index is 324. The van der Waals surface area contributed by atoms with E-state index in [2.05, 4.69) is 19.4 Å². The van der Waals surface area contributed by atoms with Crippen molar-refractivity contribution in [3.63, 3.8) is 0 Å². The molecule has 0 spiro atoms. The van der Waals surface area contributed by atoms with Gasteiger partial charge in [0.15, 0.2) is 5.11 Å². The molecule has 2 N–H and O–H groups in total. The number of quaternary nitrogens is 1. The Hall–Kier alpha value is -1.13. The Balaban J connectivity index is 2.43. The number of thiocarbonyl (C=S) groups is 1. The lowest BCUT2D eigenvalue weighted by Crippen LogP contribution is -3.06. The van der Waals surface area contributed by atoms with E-state index >= 15 is 0 Å². The first kappa shape index (κ1) is 12.9. The van der Waals surface area contributed by atoms with Gasteiger partial charge in [0.2, 0.25) is 0 Å². The Morgan fingerprint density at radius 1 is 1.31 bits per heavy atom. The molecule has 1 aromatic carbocycles. The zero-order valence-corrected chi connectivity index (χ0v) is 11.0. The number of nitrogens with one attached hydrogen (secondary N) is 2. The highest BCUT2D eigenvalue weighted by Gasteiger charge is 2.05. The number of anilines is 1. The van der Waals surface area contributed by atoms with Crippen LogP contribution in [0.3, 0.4) is 0 Å². The van der Waals surface area contributed by atoms with Crippen molar-refractivity contribution >= 4 is 23.0 Å². The van der Waals surface area contributed by atoms with Crippen LogP contribution in [0.5, 0.6) is 0 Å². The first-order valence-corrected chi connectivity index (χ1v) is 5.87. The van der Waals surface area contributed by atoms with Crippen molar-refractivity contribution in [3.8, 4) is 0 Å². The van der Waals surface area contributed by atoms with E-state index in [9.17, 15) is 0 Å². The summed E-state index contributed by atoms with van der Waals surface area (Å²) in [5.41, 5.74) is 1.11. The summed E-state index contributed by atoms with van der Waals surface area (Å²) >= 11 is 5.32. The van der Waals surface area contributed by atoms with E-state index in [0.717, 1.165) is 23.9 Å². The SMILES string of the molecule is CN(C(=S)NCC[NH+](C)C)c1ccccc1. The van der Waals surface area contributed by atoms with Gasteiger partial charge >= 0.3 is 0 Å². The molecule has 0 heterocycles. The predicted octanol–water partition coefficient (Wildman–Crippen LogP) is 0.142. The van der Waals surface area contributed by atoms with Crippen LogP contribution in [-0.2, 0) is 0 Å². The molecule has 0 atom stereocenters. The molecule has 0 saturated heterocycles. The molecule has 0 amide bonds. The average Bonchev–Trinajstić information content (AvgIpc) is 2.28. The average molecular weight is 238 g/mol. The molecular formula is C12H20N3S+. The van der Waals surface area contributed by atoms with Crippen molar-refractivity contribution in [2.75, 3.05) is 39.1 Å². The molecule has 0 fully saturated rings. The van der Waals surface area contributed by atoms with Crippen molar-refractivity contribution in [1.82, 2.24) is 5.32 Å². The molecule has 88 valence electrons. The summed E-state index contributed by atoms with van der Waals surface area (Å²) in [6, 6.07) is 10.1. The van der Waals surface area contributed by atoms with Crippen LogP contribution in [0, 0.1) is 0 Å². The number of hydrogen-bond acceptors (Lipinski definition) is 1. The van der Waals surface area contributed by atoms with E-state index in [4.69, 9.17) is 12.2 Å². The van der Waals surface area contributed by atoms with Crippen molar-refractivity contribution in [1.29, 1.82) is 0 Å². The Morgan fingerprint density at radius 2 is 1.94 bits per heavy atom. The third-order valence-electron chi connectivity index (χ3n) is 2.35. The molecule has 0 aliphatic rings. The molecule has 0 unspecified atom stereocenters. The summed E-state index contributed by atoms with van der Waals surface area (Å²) in [7, 11) is 6.24. The first-order valence-electron chi connectivity index (χ1n) is 5.47. The topological polar surface area (TPSA) is 19.7 Å². The summed E-state index contributed by atoms with van der Waals surface area (Å²) in [6.07, 6.45) is 0. The van der Waals surface area contributed by atoms with Gasteiger partial charge in [0.1, 0.15) is 0 Å². The maximum absolute atomic E-state index is 5.32. The highest BCUT2D eigenvalue weighted by molar-refractivity contribution is 7.80. The zero-order valence-electron chi connectivity index (χ0n) is 10.2. The number of benzene rings is 1. The van der Waals surface area contributed by atoms with Gasteiger partial charge in [-0.2, -0.15) is 0 Å². The molecule has 1 rings (SSSR count). The Morgan fingerprint density at radius 3 is 2.50 bits per heavy atom. The molecule has 0 bridgehead atoms. The van der Waals surface area contributed by atoms with Crippen molar-refractivity contribution < 1.29 is 4.90 Å². The standard InChI is InChI=1S/C12H19N3S/c1-14(2)10-9-13-12(16)15(3)11-7-5-4-6-8-11/h4-8H,9-10H2,1-3H3,(H,13,16)/p+1. The van der Waals surface area contributed by atoms with E-state index in [1.807, 2.05) is 42.3 Å². The monoisotopic (exact) mass is 238 g/mol. The minimum absolute atomic E-state index is 0.771. The van der Waals surface area contributed by atoms with Crippen molar-refractivity contribution in [2.45, 2.75) is 0 Å². The summed E-state index contributed by atoms with van der Waals surface area (Å²) < 4.78 is 0. The van der Waals surface area contributed by atoms with Crippen LogP contribution in [0.15, 0.2) is 30.3 Å². The van der Waals surface area contributed by atoms with Crippen LogP contribution in [0.4, 0.5) is 5.69 Å². The van der Waals surface area contributed by atoms with E-state index in [-0.39, 0.29) is 0 Å². The number of likely N-dealkylation sites (N-methyl/N-ethyl adjacent to an activating group) is 1. The fourth-order valence-electron chi connectivity index (χ4n) is 1.31. The summed E-state index contributed by atoms with van der Waals surface area (Å²) in [6.45, 7) is 1.96. The number of para-hydroxylation sites is 1. The molecule has 0 saturated carbocycles. The van der Waals surface area contributed by atoms with Crippen LogP contribution >= 0.6 is 12.2 Å². The summed E-state index contributed by atoms with van der Waals surface area (Å²) in [5.74, 6) is 0. The Labute approximate surface area is 103 Å². The van der Waals surface area contributed by atoms with Crippen LogP contribution in [0.25, 0.3) is 0 Å². The lowest BCUT2D eigenvalue weighted by Gasteiger charge is -2.21. The normalized spacial score (nSPS) is 10.2. The van der Waals surface area contributed by atoms with Gasteiger partial charge in [0.05, 0.1) is 27.2 Å². The maximum atomic E-state index is 5.32. The van der Waals surface area contributed by atoms with Gasteiger partial charge < -0.3 is 15.1 Å². The molecule has 16 heavy (non-hydrogen) atoms. The smallest absolute Gasteiger partial charge is 0.173 e. The summed E-state index contributed by atoms with van der Waals surface area (Å²) in [4.78, 5) is 3.40. The second-order valence-electron chi connectivity index (χ2n) is 4.08. The number of rotatable bonds is 4. The molecule has 3 nitrogen and oxygen atoms in total. The number of nitrogens with zero attached hydrogens (tertiary/aromatic N) is 1. The largest absolute Gasteiger partial charge is 0.357 e. The van der Waals surface area contributed by atoms with Crippen LogP contribution < -0.4 is 15.1 Å². The van der Waals surface area contributed by atoms with Gasteiger partial charge in [-0.3, -0.25) is 0 Å². The highest BCUT2D eigenvalue weighted by Crippen LogP contribution is 2.10. The fraction of sp³-hybridized carbons (Fsp3) is 0.417. The lowest BCUT2D eigenvalue weighted by molar-refractivity contribution is -0.856. The van der Waals surface area contributed by atoms with Crippen LogP contribution in [-0.4, -0.2) is 39.3 Å². The summed E-state index contributed by atoms with van der Waals surface area (Å²) in [5, 5.41) is 4.02. The molecule has 0 aromatic heterocycles. The van der Waals surface area contributed by atoms with Gasteiger partial charge in [-0.1, -0.05) is 18.2 Å². The second kappa shape index (κ2) is 6.45. The molecule has 4 heteroatoms. The van der Waals surface area contributed by atoms with Gasteiger partial charge in [-0.25, -0.2) is 0 Å². The third-order valence-corrected chi connectivity index (χ3v) is 2.77. The Kier molecular flexibility index (Phi) is 5.22. The van der Waals surface area contributed by atoms with Gasteiger partial charge in [0.25, 0.3) is 0 Å². The zero-order chi connectivity index (χ0) is 12.0. The van der Waals surface area contributed by atoms with Crippen LogP contribution in [0.1, 0.15) is 0 Å². The third kappa shape index (κ3) is 4.16. The van der Waals surface area contributed by atoms with Crippen molar-refractivity contribution in [2.24, 2.45) is 0 Å². The van der Waals surface area contributed by atoms with E-state index in [0.29, 0.717) is 0 Å². The van der Waals surface area contributed by atoms with Crippen LogP contribution in [0.2, 0.25) is 0 Å². The van der Waals surface area contributed by atoms with E-state index < -0.39 is 0 Å². The molecule has 0 radical (unpaired) electrons.